The zero-order valence-electron chi connectivity index (χ0n) is 32.3. The molecule has 0 saturated carbocycles. The van der Waals surface area contributed by atoms with Gasteiger partial charge in [-0.15, -0.1) is 0 Å². The van der Waals surface area contributed by atoms with Crippen LogP contribution < -0.4 is 0 Å². The molecule has 264 valence electrons. The first-order valence-corrected chi connectivity index (χ1v) is 18.3. The first-order chi connectivity index (χ1) is 22.9. The number of rotatable bonds is 12. The Morgan fingerprint density at radius 2 is 0.938 bits per heavy atom. The summed E-state index contributed by atoms with van der Waals surface area (Å²) < 4.78 is 0. The Hall–Kier alpha value is -3.61. The van der Waals surface area contributed by atoms with Gasteiger partial charge in [-0.1, -0.05) is 108 Å². The van der Waals surface area contributed by atoms with Gasteiger partial charge in [-0.05, 0) is 66.2 Å². The molecule has 0 radical (unpaired) electrons. The zero-order chi connectivity index (χ0) is 35.9. The minimum atomic E-state index is 0.431. The molecule has 0 aliphatic rings. The second-order valence-corrected chi connectivity index (χ2v) is 13.5. The predicted octanol–water partition coefficient (Wildman–Crippen LogP) is 10.8. The summed E-state index contributed by atoms with van der Waals surface area (Å²) in [4.78, 5) is 30.2. The van der Waals surface area contributed by atoms with Gasteiger partial charge in [0.25, 0.3) is 0 Å². The molecule has 0 aliphatic carbocycles. The molecule has 4 aromatic heterocycles. The van der Waals surface area contributed by atoms with Crippen LogP contribution in [0.25, 0.3) is 0 Å². The van der Waals surface area contributed by atoms with E-state index in [0.717, 1.165) is 68.0 Å². The van der Waals surface area contributed by atoms with E-state index < -0.39 is 0 Å². The fraction of sp³-hybridized carbons (Fsp3) is 0.585. The maximum Gasteiger partial charge on any atom is 0.130 e. The standard InChI is InChI=1S/C11H17N.3C10H16N2/c1-4-5-10-6-7-11(9(2)3)12-8-10;1-4-5-10-11-6-9(7-12-10)8(2)3;1-4-5-9-6-12-10(7-11-9)8(2)3;1-4-5-9-6-11-10(8(2)3)12-7-9/h6-9H,4-5H2,1-3H3;3*6-8H,4-5H2,1-3H3. The second-order valence-electron chi connectivity index (χ2n) is 13.5. The van der Waals surface area contributed by atoms with Crippen LogP contribution in [0.15, 0.2) is 55.5 Å². The average molecular weight is 656 g/mol. The van der Waals surface area contributed by atoms with Gasteiger partial charge in [0.15, 0.2) is 0 Å². The van der Waals surface area contributed by atoms with Gasteiger partial charge in [0.05, 0.1) is 11.4 Å². The van der Waals surface area contributed by atoms with Crippen molar-refractivity contribution in [3.63, 3.8) is 0 Å². The Morgan fingerprint density at radius 1 is 0.417 bits per heavy atom. The van der Waals surface area contributed by atoms with Gasteiger partial charge in [-0.2, -0.15) is 0 Å². The molecular formula is C41H65N7. The maximum atomic E-state index is 4.40. The molecule has 0 saturated heterocycles. The van der Waals surface area contributed by atoms with Crippen molar-refractivity contribution in [2.24, 2.45) is 0 Å². The van der Waals surface area contributed by atoms with Crippen LogP contribution >= 0.6 is 0 Å². The van der Waals surface area contributed by atoms with Crippen molar-refractivity contribution in [3.05, 3.63) is 101 Å². The van der Waals surface area contributed by atoms with Crippen molar-refractivity contribution in [1.82, 2.24) is 34.9 Å². The highest BCUT2D eigenvalue weighted by Crippen LogP contribution is 2.13. The molecule has 7 heteroatoms. The van der Waals surface area contributed by atoms with Crippen molar-refractivity contribution in [3.8, 4) is 0 Å². The van der Waals surface area contributed by atoms with E-state index in [-0.39, 0.29) is 0 Å². The first kappa shape index (κ1) is 42.4. The lowest BCUT2D eigenvalue weighted by Crippen LogP contribution is -1.97. The normalized spacial score (nSPS) is 10.7. The van der Waals surface area contributed by atoms with E-state index in [9.17, 15) is 0 Å². The summed E-state index contributed by atoms with van der Waals surface area (Å²) in [5, 5.41) is 0. The summed E-state index contributed by atoms with van der Waals surface area (Å²) in [5.74, 6) is 3.88. The minimum absolute atomic E-state index is 0.431. The SMILES string of the molecule is CCCc1ccc(C(C)C)nc1.CCCc1cnc(C(C)C)cn1.CCCc1cnc(C(C)C)nc1.CCCc1ncc(C(C)C)cn1. The van der Waals surface area contributed by atoms with Gasteiger partial charge >= 0.3 is 0 Å². The van der Waals surface area contributed by atoms with Crippen LogP contribution in [0.5, 0.6) is 0 Å². The van der Waals surface area contributed by atoms with Gasteiger partial charge in [-0.3, -0.25) is 15.0 Å². The minimum Gasteiger partial charge on any atom is -0.261 e. The van der Waals surface area contributed by atoms with Crippen molar-refractivity contribution in [2.45, 2.75) is 158 Å². The van der Waals surface area contributed by atoms with Crippen molar-refractivity contribution in [2.75, 3.05) is 0 Å². The molecule has 0 N–H and O–H groups in total. The quantitative estimate of drug-likeness (QED) is 0.150. The third-order valence-corrected chi connectivity index (χ3v) is 7.45. The van der Waals surface area contributed by atoms with Crippen LogP contribution in [0.2, 0.25) is 0 Å². The molecule has 0 unspecified atom stereocenters. The maximum absolute atomic E-state index is 4.40. The fourth-order valence-electron chi connectivity index (χ4n) is 4.36. The highest BCUT2D eigenvalue weighted by molar-refractivity contribution is 5.16. The van der Waals surface area contributed by atoms with Crippen molar-refractivity contribution < 1.29 is 0 Å². The lowest BCUT2D eigenvalue weighted by atomic mass is 10.1. The number of hydrogen-bond donors (Lipinski definition) is 0. The predicted molar refractivity (Wildman–Crippen MR) is 203 cm³/mol. The number of nitrogens with zero attached hydrogens (tertiary/aromatic N) is 7. The number of aryl methyl sites for hydroxylation is 4. The number of hydrogen-bond acceptors (Lipinski definition) is 7. The highest BCUT2D eigenvalue weighted by Gasteiger charge is 2.03. The Bertz CT molecular complexity index is 1120. The smallest absolute Gasteiger partial charge is 0.130 e. The fourth-order valence-corrected chi connectivity index (χ4v) is 4.36. The van der Waals surface area contributed by atoms with Gasteiger partial charge in [0.2, 0.25) is 0 Å². The lowest BCUT2D eigenvalue weighted by Gasteiger charge is -2.04. The van der Waals surface area contributed by atoms with Crippen molar-refractivity contribution >= 4 is 0 Å². The number of pyridine rings is 1. The van der Waals surface area contributed by atoms with Crippen LogP contribution in [0.1, 0.15) is 178 Å². The first-order valence-electron chi connectivity index (χ1n) is 18.3. The summed E-state index contributed by atoms with van der Waals surface area (Å²) >= 11 is 0. The molecule has 7 nitrogen and oxygen atoms in total. The van der Waals surface area contributed by atoms with E-state index in [1.54, 1.807) is 0 Å². The third-order valence-electron chi connectivity index (χ3n) is 7.45. The largest absolute Gasteiger partial charge is 0.261 e. The molecule has 0 atom stereocenters. The Kier molecular flexibility index (Phi) is 21.7. The molecule has 0 bridgehead atoms. The van der Waals surface area contributed by atoms with Crippen LogP contribution in [0.4, 0.5) is 0 Å². The Balaban J connectivity index is 0.000000320. The van der Waals surface area contributed by atoms with E-state index in [2.05, 4.69) is 130 Å². The molecule has 0 fully saturated rings. The molecule has 0 aliphatic heterocycles. The summed E-state index contributed by atoms with van der Waals surface area (Å²) in [6.45, 7) is 25.8. The van der Waals surface area contributed by atoms with Crippen LogP contribution in [0.3, 0.4) is 0 Å². The summed E-state index contributed by atoms with van der Waals surface area (Å²) in [6.07, 6.45) is 22.4. The van der Waals surface area contributed by atoms with E-state index in [1.807, 2.05) is 43.4 Å². The average Bonchev–Trinajstić information content (AvgIpc) is 3.07. The molecule has 0 spiro atoms. The summed E-state index contributed by atoms with van der Waals surface area (Å²) in [5.41, 5.74) is 7.17. The van der Waals surface area contributed by atoms with Gasteiger partial charge < -0.3 is 0 Å². The Morgan fingerprint density at radius 3 is 1.35 bits per heavy atom. The molecular weight excluding hydrogens is 591 g/mol. The van der Waals surface area contributed by atoms with Crippen LogP contribution in [0, 0.1) is 0 Å². The molecule has 0 amide bonds. The van der Waals surface area contributed by atoms with Crippen molar-refractivity contribution in [1.29, 1.82) is 0 Å². The lowest BCUT2D eigenvalue weighted by molar-refractivity contribution is 0.763. The van der Waals surface area contributed by atoms with Gasteiger partial charge in [-0.25, -0.2) is 19.9 Å². The van der Waals surface area contributed by atoms with E-state index >= 15 is 0 Å². The van der Waals surface area contributed by atoms with Gasteiger partial charge in [0.1, 0.15) is 11.6 Å². The monoisotopic (exact) mass is 656 g/mol. The second kappa shape index (κ2) is 24.5. The van der Waals surface area contributed by atoms with Gasteiger partial charge in [0, 0.05) is 61.4 Å². The molecule has 0 aromatic carbocycles. The van der Waals surface area contributed by atoms with E-state index in [1.165, 1.54) is 28.8 Å². The molecule has 4 heterocycles. The van der Waals surface area contributed by atoms with E-state index in [4.69, 9.17) is 0 Å². The third kappa shape index (κ3) is 17.5. The highest BCUT2D eigenvalue weighted by atomic mass is 14.9. The number of aromatic nitrogens is 7. The van der Waals surface area contributed by atoms with E-state index in [0.29, 0.717) is 23.7 Å². The zero-order valence-corrected chi connectivity index (χ0v) is 32.3. The molecule has 48 heavy (non-hydrogen) atoms. The topological polar surface area (TPSA) is 90.2 Å². The van der Waals surface area contributed by atoms with Crippen LogP contribution in [-0.2, 0) is 25.7 Å². The summed E-state index contributed by atoms with van der Waals surface area (Å²) in [6, 6.07) is 4.32. The Labute approximate surface area is 293 Å². The summed E-state index contributed by atoms with van der Waals surface area (Å²) in [7, 11) is 0. The van der Waals surface area contributed by atoms with Crippen LogP contribution in [-0.4, -0.2) is 34.9 Å². The molecule has 4 rings (SSSR count). The molecule has 4 aromatic rings.